The number of nitrogens with two attached hydrogens (primary N) is 1. The molecule has 0 saturated carbocycles. The number of hydrogen-bond acceptors (Lipinski definition) is 13. The molecule has 0 unspecified atom stereocenters. The van der Waals surface area contributed by atoms with Crippen LogP contribution in [0.15, 0.2) is 59.7 Å². The standard InChI is InChI=1S/C66H86N16O14/c1-8-40-41(9-2)47-32-73-65(92)80-56-29-37(58(83)69-21-23-94-25-27-96-28-26-95-24-22-75-82-68)15-18-53(56)78-63(90)71-35-50-44(12-5)49(34-70-62(89)77-52-19-16-38(59(84)85)30-55(52)76-61(67)88)45(13-6)51(46(50)14-7)36-72-64(91)79-54-20-17-39(60(86)87)31-57(54)81-66(93)74-33-48(42(40)10-3)43(47)11-4/h15-20,29-31H,8-14,21-28,32-36H2,1-7H3,(H,69,83)(H,84,85)(H,86,87)(H3,67,76,88)(H2,70,77,89)(H2,71,78,90)(H2,72,79,91)(H2,73,80,92)(H2,74,81,93). The summed E-state index contributed by atoms with van der Waals surface area (Å²) in [5.74, 6) is -3.08. The Hall–Kier alpha value is -10.7. The molecule has 0 spiro atoms. The monoisotopic (exact) mass is 1330 g/mol. The Morgan fingerprint density at radius 1 is 0.479 bits per heavy atom. The Bertz CT molecular complexity index is 3740. The Balaban J connectivity index is 1.40. The zero-order chi connectivity index (χ0) is 69.8. The molecule has 6 rings (SSSR count). The largest absolute Gasteiger partial charge is 0.478 e. The van der Waals surface area contributed by atoms with E-state index in [1.54, 1.807) is 0 Å². The first kappa shape index (κ1) is 74.4. The number of carbonyl (C=O) groups excluding carboxylic acids is 7. The number of carbonyl (C=O) groups is 9. The van der Waals surface area contributed by atoms with Gasteiger partial charge in [-0.15, -0.1) is 0 Å². The van der Waals surface area contributed by atoms with Crippen LogP contribution in [0.2, 0.25) is 0 Å². The zero-order valence-corrected chi connectivity index (χ0v) is 55.1. The predicted octanol–water partition coefficient (Wildman–Crippen LogP) is 9.52. The SMILES string of the molecule is CCc1c(CC)c2c(CC)c(c1CC)CNC(=O)Nc1cc(C(=O)NCCOCCOCCOCCN=[N+]=[N-])ccc1NC(=O)NCc1c(CC)c(CNC(=O)Nc3ccc(C(=O)O)cc3NC(N)=O)c(CC)c(c1CC)CNC(=O)Nc1ccc(C(=O)O)cc1NC(=O)NC2. The van der Waals surface area contributed by atoms with Crippen LogP contribution in [0.3, 0.4) is 0 Å². The van der Waals surface area contributed by atoms with E-state index in [-0.39, 0.29) is 123 Å². The number of benzene rings is 5. The van der Waals surface area contributed by atoms with Crippen LogP contribution in [-0.4, -0.2) is 117 Å². The van der Waals surface area contributed by atoms with Crippen molar-refractivity contribution >= 4 is 88.2 Å². The zero-order valence-electron chi connectivity index (χ0n) is 55.1. The third kappa shape index (κ3) is 20.4. The van der Waals surface area contributed by atoms with E-state index < -0.39 is 54.0 Å². The molecule has 13 amide bonds. The minimum atomic E-state index is -1.29. The van der Waals surface area contributed by atoms with Crippen LogP contribution >= 0.6 is 0 Å². The summed E-state index contributed by atoms with van der Waals surface area (Å²) in [6.45, 7) is 15.3. The van der Waals surface area contributed by atoms with Crippen LogP contribution in [0.5, 0.6) is 0 Å². The highest BCUT2D eigenvalue weighted by molar-refractivity contribution is 6.04. The number of carboxylic acid groups (broad SMARTS) is 2. The van der Waals surface area contributed by atoms with E-state index in [2.05, 4.69) is 73.8 Å². The van der Waals surface area contributed by atoms with Crippen LogP contribution in [0.1, 0.15) is 146 Å². The van der Waals surface area contributed by atoms with Gasteiger partial charge in [0.1, 0.15) is 0 Å². The molecule has 1 heterocycles. The van der Waals surface area contributed by atoms with Crippen molar-refractivity contribution in [1.29, 1.82) is 0 Å². The molecule has 0 aromatic heterocycles. The van der Waals surface area contributed by atoms with Gasteiger partial charge >= 0.3 is 48.1 Å². The fraction of sp³-hybridized carbons (Fsp3) is 0.409. The lowest BCUT2D eigenvalue weighted by Gasteiger charge is -2.27. The van der Waals surface area contributed by atoms with Gasteiger partial charge in [-0.05, 0) is 172 Å². The molecule has 30 heteroatoms. The van der Waals surface area contributed by atoms with Crippen LogP contribution in [0, 0.1) is 0 Å². The molecule has 5 aromatic carbocycles. The Morgan fingerprint density at radius 2 is 0.875 bits per heavy atom. The van der Waals surface area contributed by atoms with Crippen molar-refractivity contribution in [3.8, 4) is 0 Å². The second kappa shape index (κ2) is 37.3. The Labute approximate surface area is 555 Å². The first-order chi connectivity index (χ1) is 46.2. The number of primary amides is 1. The number of amides is 13. The molecule has 4 bridgehead atoms. The lowest BCUT2D eigenvalue weighted by molar-refractivity contribution is 0.0166. The van der Waals surface area contributed by atoms with Crippen molar-refractivity contribution in [1.82, 2.24) is 31.9 Å². The van der Waals surface area contributed by atoms with Gasteiger partial charge in [-0.25, -0.2) is 38.4 Å². The number of ether oxygens (including phenoxy) is 3. The molecular weight excluding hydrogens is 1240 g/mol. The number of hydrogen-bond donors (Lipinski definition) is 15. The maximum Gasteiger partial charge on any atom is 0.335 e. The molecule has 514 valence electrons. The van der Waals surface area contributed by atoms with Crippen molar-refractivity contribution < 1.29 is 67.6 Å². The molecule has 96 heavy (non-hydrogen) atoms. The third-order valence-electron chi connectivity index (χ3n) is 16.0. The summed E-state index contributed by atoms with van der Waals surface area (Å²) in [6, 6.07) is 7.33. The highest BCUT2D eigenvalue weighted by atomic mass is 16.5. The minimum Gasteiger partial charge on any atom is -0.478 e. The first-order valence-corrected chi connectivity index (χ1v) is 31.8. The molecule has 0 radical (unpaired) electrons. The van der Waals surface area contributed by atoms with E-state index >= 15 is 0 Å². The fourth-order valence-corrected chi connectivity index (χ4v) is 11.8. The van der Waals surface area contributed by atoms with Crippen molar-refractivity contribution in [2.75, 3.05) is 84.6 Å². The Kier molecular flexibility index (Phi) is 28.9. The number of rotatable bonds is 26. The quantitative estimate of drug-likeness (QED) is 0.0106. The molecule has 0 saturated heterocycles. The van der Waals surface area contributed by atoms with Gasteiger partial charge in [0, 0.05) is 56.3 Å². The van der Waals surface area contributed by atoms with Gasteiger partial charge in [0.05, 0.1) is 84.9 Å². The maximum atomic E-state index is 14.4. The van der Waals surface area contributed by atoms with E-state index in [0.29, 0.717) is 74.8 Å². The smallest absolute Gasteiger partial charge is 0.335 e. The number of azide groups is 1. The molecule has 0 aliphatic carbocycles. The third-order valence-corrected chi connectivity index (χ3v) is 16.0. The number of anilines is 6. The number of nitrogens with zero attached hydrogens (tertiary/aromatic N) is 3. The van der Waals surface area contributed by atoms with Crippen LogP contribution < -0.4 is 69.5 Å². The lowest BCUT2D eigenvalue weighted by Crippen LogP contribution is -2.34. The van der Waals surface area contributed by atoms with Gasteiger partial charge in [0.15, 0.2) is 0 Å². The predicted molar refractivity (Wildman–Crippen MR) is 363 cm³/mol. The molecule has 0 fully saturated rings. The van der Waals surface area contributed by atoms with E-state index in [4.69, 9.17) is 25.5 Å². The summed E-state index contributed by atoms with van der Waals surface area (Å²) in [4.78, 5) is 123. The van der Waals surface area contributed by atoms with Crippen molar-refractivity contribution in [3.05, 3.63) is 148 Å². The van der Waals surface area contributed by atoms with Crippen molar-refractivity contribution in [2.24, 2.45) is 10.8 Å². The normalized spacial score (nSPS) is 12.8. The van der Waals surface area contributed by atoms with Gasteiger partial charge in [-0.1, -0.05) is 53.6 Å². The average molecular weight is 1330 g/mol. The van der Waals surface area contributed by atoms with E-state index in [1.807, 2.05) is 48.5 Å². The fourth-order valence-electron chi connectivity index (χ4n) is 11.8. The highest BCUT2D eigenvalue weighted by Gasteiger charge is 2.26. The van der Waals surface area contributed by atoms with Crippen molar-refractivity contribution in [3.63, 3.8) is 0 Å². The van der Waals surface area contributed by atoms with Gasteiger partial charge in [0.2, 0.25) is 0 Å². The molecule has 0 atom stereocenters. The van der Waals surface area contributed by atoms with Gasteiger partial charge in [-0.3, -0.25) is 4.79 Å². The molecule has 1 aliphatic heterocycles. The Morgan fingerprint density at radius 3 is 1.31 bits per heavy atom. The second-order valence-corrected chi connectivity index (χ2v) is 21.7. The first-order valence-electron chi connectivity index (χ1n) is 31.8. The summed E-state index contributed by atoms with van der Waals surface area (Å²) in [6.07, 6.45) is 3.50. The minimum absolute atomic E-state index is 0.0236. The lowest BCUT2D eigenvalue weighted by atomic mass is 9.82. The molecule has 1 aliphatic rings. The summed E-state index contributed by atoms with van der Waals surface area (Å²) in [5.41, 5.74) is 23.6. The summed E-state index contributed by atoms with van der Waals surface area (Å²) in [7, 11) is 0. The number of fused-ring (bicyclic) bond motifs is 6. The molecule has 16 N–H and O–H groups in total. The number of nitrogens with one attached hydrogen (secondary N) is 12. The number of carboxylic acids is 2. The van der Waals surface area contributed by atoms with Crippen LogP contribution in [-0.2, 0) is 91.9 Å². The maximum absolute atomic E-state index is 14.4. The number of aromatic carboxylic acids is 2. The van der Waals surface area contributed by atoms with Crippen LogP contribution in [0.4, 0.5) is 62.9 Å². The highest BCUT2D eigenvalue weighted by Crippen LogP contribution is 2.34. The van der Waals surface area contributed by atoms with Gasteiger partial charge in [-0.2, -0.15) is 0 Å². The van der Waals surface area contributed by atoms with Gasteiger partial charge < -0.3 is 94.0 Å². The van der Waals surface area contributed by atoms with E-state index in [0.717, 1.165) is 56.1 Å². The molecular formula is C66H86N16O14. The summed E-state index contributed by atoms with van der Waals surface area (Å²) in [5, 5.41) is 56.9. The average Bonchev–Trinajstić information content (AvgIpc) is 0.777. The summed E-state index contributed by atoms with van der Waals surface area (Å²) < 4.78 is 16.5. The summed E-state index contributed by atoms with van der Waals surface area (Å²) >= 11 is 0. The van der Waals surface area contributed by atoms with E-state index in [9.17, 15) is 53.4 Å². The van der Waals surface area contributed by atoms with Gasteiger partial charge in [0.25, 0.3) is 5.91 Å². The topological polar surface area (TPSA) is 441 Å². The van der Waals surface area contributed by atoms with Crippen molar-refractivity contribution in [2.45, 2.75) is 126 Å². The second-order valence-electron chi connectivity index (χ2n) is 21.7. The van der Waals surface area contributed by atoms with E-state index in [1.165, 1.54) is 48.5 Å². The number of urea groups is 6. The molecule has 5 aromatic rings. The molecule has 30 nitrogen and oxygen atoms in total. The van der Waals surface area contributed by atoms with Crippen LogP contribution in [0.25, 0.3) is 10.4 Å².